The van der Waals surface area contributed by atoms with Crippen molar-refractivity contribution in [1.82, 2.24) is 0 Å². The van der Waals surface area contributed by atoms with E-state index in [0.29, 0.717) is 0 Å². The first kappa shape index (κ1) is 81.7. The first-order chi connectivity index (χ1) is 3.00. The second-order valence-corrected chi connectivity index (χ2v) is 0. The minimum absolute atomic E-state index is 0. The summed E-state index contributed by atoms with van der Waals surface area (Å²) in [6.45, 7) is 0. The summed E-state index contributed by atoms with van der Waals surface area (Å²) in [6, 6.07) is 0. The largest absolute Gasteiger partial charge is 1.00 e. The van der Waals surface area contributed by atoms with E-state index in [9.17, 15) is 0 Å². The SMILES string of the molecule is CO.CO.CO.[K+].[Li+].[Na+].[OH-].[OH-].[OH-]. The van der Waals surface area contributed by atoms with E-state index in [2.05, 4.69) is 0 Å². The van der Waals surface area contributed by atoms with E-state index in [1.54, 1.807) is 0 Å². The molecule has 0 atom stereocenters. The van der Waals surface area contributed by atoms with Crippen LogP contribution in [0.15, 0.2) is 0 Å². The van der Waals surface area contributed by atoms with Crippen LogP contribution in [0.2, 0.25) is 0 Å². The van der Waals surface area contributed by atoms with Gasteiger partial charge in [0.15, 0.2) is 0 Å². The Morgan fingerprint density at radius 3 is 0.583 bits per heavy atom. The van der Waals surface area contributed by atoms with E-state index in [4.69, 9.17) is 15.3 Å². The zero-order chi connectivity index (χ0) is 6.00. The van der Waals surface area contributed by atoms with Crippen molar-refractivity contribution in [2.75, 3.05) is 21.3 Å². The van der Waals surface area contributed by atoms with Gasteiger partial charge in [-0.25, -0.2) is 0 Å². The molecule has 0 aromatic heterocycles. The average molecular weight is 216 g/mol. The zero-order valence-corrected chi connectivity index (χ0v) is 13.8. The molecule has 0 spiro atoms. The maximum Gasteiger partial charge on any atom is 1.00 e. The van der Waals surface area contributed by atoms with Gasteiger partial charge in [-0.05, 0) is 0 Å². The van der Waals surface area contributed by atoms with Gasteiger partial charge < -0.3 is 31.7 Å². The number of hydrogen-bond acceptors (Lipinski definition) is 6. The number of aliphatic hydroxyl groups excluding tert-OH is 3. The molecule has 0 aliphatic rings. The van der Waals surface area contributed by atoms with Gasteiger partial charge in [-0.15, -0.1) is 0 Å². The Bertz CT molecular complexity index is 22.8. The fourth-order valence-electron chi connectivity index (χ4n) is 0. The predicted octanol–water partition coefficient (Wildman–Crippen LogP) is -10.7. The summed E-state index contributed by atoms with van der Waals surface area (Å²) in [6.07, 6.45) is 0. The van der Waals surface area contributed by atoms with Crippen molar-refractivity contribution in [2.45, 2.75) is 0 Å². The van der Waals surface area contributed by atoms with E-state index < -0.39 is 0 Å². The van der Waals surface area contributed by atoms with Crippen LogP contribution >= 0.6 is 0 Å². The summed E-state index contributed by atoms with van der Waals surface area (Å²) >= 11 is 0. The molecule has 0 aliphatic carbocycles. The van der Waals surface area contributed by atoms with Crippen LogP contribution in [0.25, 0.3) is 0 Å². The summed E-state index contributed by atoms with van der Waals surface area (Å²) in [4.78, 5) is 0. The van der Waals surface area contributed by atoms with Gasteiger partial charge in [-0.3, -0.25) is 0 Å². The van der Waals surface area contributed by atoms with Crippen molar-refractivity contribution in [2.24, 2.45) is 0 Å². The molecule has 0 heterocycles. The monoisotopic (exact) mass is 216 g/mol. The Kier molecular flexibility index (Phi) is 1800. The molecule has 0 aliphatic heterocycles. The van der Waals surface area contributed by atoms with Gasteiger partial charge in [-0.1, -0.05) is 0 Å². The smallest absolute Gasteiger partial charge is 0.870 e. The summed E-state index contributed by atoms with van der Waals surface area (Å²) in [5.41, 5.74) is 0. The molecule has 0 radical (unpaired) electrons. The minimum Gasteiger partial charge on any atom is -0.870 e. The number of rotatable bonds is 0. The maximum absolute atomic E-state index is 7.00. The van der Waals surface area contributed by atoms with Crippen LogP contribution in [0.5, 0.6) is 0 Å². The second-order valence-electron chi connectivity index (χ2n) is 0. The molecule has 0 saturated carbocycles. The van der Waals surface area contributed by atoms with Gasteiger partial charge in [-0.2, -0.15) is 0 Å². The summed E-state index contributed by atoms with van der Waals surface area (Å²) < 4.78 is 0. The van der Waals surface area contributed by atoms with Crippen molar-refractivity contribution in [3.8, 4) is 0 Å². The Morgan fingerprint density at radius 1 is 0.583 bits per heavy atom. The molecule has 0 fully saturated rings. The van der Waals surface area contributed by atoms with Gasteiger partial charge in [0.1, 0.15) is 0 Å². The van der Waals surface area contributed by atoms with Crippen molar-refractivity contribution in [1.29, 1.82) is 0 Å². The van der Waals surface area contributed by atoms with Crippen LogP contribution in [0, 0.1) is 0 Å². The fourth-order valence-corrected chi connectivity index (χ4v) is 0. The first-order valence-corrected chi connectivity index (χ1v) is 1.34. The minimum atomic E-state index is 0. The van der Waals surface area contributed by atoms with Crippen molar-refractivity contribution in [3.05, 3.63) is 0 Å². The third kappa shape index (κ3) is 209. The molecule has 6 N–H and O–H groups in total. The molecular formula is C3H15KLiNaO6. The van der Waals surface area contributed by atoms with Gasteiger partial charge in [0.25, 0.3) is 0 Å². The molecule has 0 unspecified atom stereocenters. The maximum atomic E-state index is 7.00. The quantitative estimate of drug-likeness (QED) is 0.342. The van der Waals surface area contributed by atoms with Crippen LogP contribution in [-0.4, -0.2) is 53.1 Å². The topological polar surface area (TPSA) is 151 Å². The summed E-state index contributed by atoms with van der Waals surface area (Å²) in [5, 5.41) is 21.0. The molecule has 66 valence electrons. The van der Waals surface area contributed by atoms with E-state index in [0.717, 1.165) is 21.3 Å². The van der Waals surface area contributed by atoms with Gasteiger partial charge >= 0.3 is 99.8 Å². The van der Waals surface area contributed by atoms with Crippen LogP contribution in [0.1, 0.15) is 0 Å². The van der Waals surface area contributed by atoms with Crippen molar-refractivity contribution >= 4 is 0 Å². The summed E-state index contributed by atoms with van der Waals surface area (Å²) in [5.74, 6) is 0. The predicted molar refractivity (Wildman–Crippen MR) is 30.2 cm³/mol. The van der Waals surface area contributed by atoms with Crippen LogP contribution in [-0.2, 0) is 0 Å². The summed E-state index contributed by atoms with van der Waals surface area (Å²) in [7, 11) is 3.00. The second kappa shape index (κ2) is 264. The van der Waals surface area contributed by atoms with Gasteiger partial charge in [0.05, 0.1) is 0 Å². The number of aliphatic hydroxyl groups is 3. The molecule has 9 heteroatoms. The van der Waals surface area contributed by atoms with E-state index in [-0.39, 0.29) is 116 Å². The Labute approximate surface area is 150 Å². The first-order valence-electron chi connectivity index (χ1n) is 1.34. The van der Waals surface area contributed by atoms with Crippen LogP contribution in [0.3, 0.4) is 0 Å². The standard InChI is InChI=1S/3CH4O.K.Li.Na.3H2O/c3*1-2;;;;;;/h3*2H,1H3;;;;3*1H2/q;;;3*+1;;;/p-3. The zero-order valence-electron chi connectivity index (χ0n) is 8.68. The molecule has 0 aromatic carbocycles. The molecule has 12 heavy (non-hydrogen) atoms. The Hall–Kier alpha value is 2.99. The van der Waals surface area contributed by atoms with Crippen LogP contribution in [0.4, 0.5) is 0 Å². The Morgan fingerprint density at radius 2 is 0.583 bits per heavy atom. The molecule has 0 aromatic rings. The molecule has 6 nitrogen and oxygen atoms in total. The van der Waals surface area contributed by atoms with Crippen molar-refractivity contribution in [3.63, 3.8) is 0 Å². The third-order valence-electron chi connectivity index (χ3n) is 0. The Balaban J connectivity index is -0.00000000129. The van der Waals surface area contributed by atoms with E-state index in [1.165, 1.54) is 0 Å². The molecule has 0 bridgehead atoms. The van der Waals surface area contributed by atoms with Crippen molar-refractivity contribution < 1.29 is 132 Å². The third-order valence-corrected chi connectivity index (χ3v) is 0. The van der Waals surface area contributed by atoms with Crippen LogP contribution < -0.4 is 99.8 Å². The number of hydrogen-bond donors (Lipinski definition) is 3. The van der Waals surface area contributed by atoms with Gasteiger partial charge in [0.2, 0.25) is 0 Å². The van der Waals surface area contributed by atoms with E-state index in [1.807, 2.05) is 0 Å². The molecule has 0 rings (SSSR count). The van der Waals surface area contributed by atoms with E-state index >= 15 is 0 Å². The molecular weight excluding hydrogens is 201 g/mol. The normalized spacial score (nSPS) is 1.50. The fraction of sp³-hybridized carbons (Fsp3) is 1.00. The molecule has 0 saturated heterocycles. The van der Waals surface area contributed by atoms with Gasteiger partial charge in [0, 0.05) is 21.3 Å². The average Bonchev–Trinajstić information content (AvgIpc) is 1.81. The molecule has 0 amide bonds.